The average Bonchev–Trinajstić information content (AvgIpc) is 2.94. The first-order chi connectivity index (χ1) is 8.43. The highest BCUT2D eigenvalue weighted by atomic mass is 16.6. The minimum Gasteiger partial charge on any atom is -0.404 e. The summed E-state index contributed by atoms with van der Waals surface area (Å²) >= 11 is 0. The Labute approximate surface area is 99.8 Å². The summed E-state index contributed by atoms with van der Waals surface area (Å²) in [5.74, 6) is 0.696. The molecule has 17 heavy (non-hydrogen) atoms. The van der Waals surface area contributed by atoms with E-state index >= 15 is 0 Å². The number of benzene rings is 1. The van der Waals surface area contributed by atoms with Gasteiger partial charge in [0.1, 0.15) is 0 Å². The third-order valence-electron chi connectivity index (χ3n) is 2.57. The molecular weight excluding hydrogens is 215 g/mol. The molecular formula is C12H11BN2O2. The lowest BCUT2D eigenvalue weighted by molar-refractivity contribution is 0.365. The summed E-state index contributed by atoms with van der Waals surface area (Å²) < 4.78 is 10.8. The molecule has 2 aromatic rings. The highest BCUT2D eigenvalue weighted by Crippen LogP contribution is 2.12. The fraction of sp³-hybridized carbons (Fsp3) is 0.167. The molecule has 1 aliphatic rings. The molecule has 0 bridgehead atoms. The first-order valence-electron chi connectivity index (χ1n) is 5.55. The van der Waals surface area contributed by atoms with Crippen LogP contribution in [0, 0.1) is 0 Å². The number of nitrogens with zero attached hydrogens (tertiary/aromatic N) is 2. The second-order valence-corrected chi connectivity index (χ2v) is 3.74. The Morgan fingerprint density at radius 1 is 1.00 bits per heavy atom. The molecule has 1 aromatic carbocycles. The van der Waals surface area contributed by atoms with Gasteiger partial charge in [0.2, 0.25) is 0 Å². The van der Waals surface area contributed by atoms with E-state index in [1.807, 2.05) is 36.4 Å². The Hall–Kier alpha value is -1.72. The number of hydrogen-bond acceptors (Lipinski definition) is 4. The lowest BCUT2D eigenvalue weighted by atomic mass is 9.85. The van der Waals surface area contributed by atoms with Crippen molar-refractivity contribution in [2.24, 2.45) is 0 Å². The lowest BCUT2D eigenvalue weighted by Crippen LogP contribution is -2.34. The summed E-state index contributed by atoms with van der Waals surface area (Å²) in [6.45, 7) is 1.24. The molecule has 1 fully saturated rings. The summed E-state index contributed by atoms with van der Waals surface area (Å²) in [6, 6.07) is 11.7. The molecule has 84 valence electrons. The van der Waals surface area contributed by atoms with E-state index in [2.05, 4.69) is 9.97 Å². The maximum Gasteiger partial charge on any atom is 0.513 e. The van der Waals surface area contributed by atoms with Gasteiger partial charge in [-0.3, -0.25) is 0 Å². The molecule has 1 aromatic heterocycles. The van der Waals surface area contributed by atoms with E-state index in [0.717, 1.165) is 11.2 Å². The molecule has 0 amide bonds. The minimum absolute atomic E-state index is 0.347. The standard InChI is InChI=1S/C12H11BN2O2/c1-2-4-10(5-3-1)12-14-7-6-11(15-12)13-16-8-9-17-13/h1-7H,8-9H2. The summed E-state index contributed by atoms with van der Waals surface area (Å²) in [5.41, 5.74) is 1.77. The molecule has 3 rings (SSSR count). The van der Waals surface area contributed by atoms with Crippen LogP contribution in [0.1, 0.15) is 0 Å². The van der Waals surface area contributed by atoms with Gasteiger partial charge >= 0.3 is 7.12 Å². The van der Waals surface area contributed by atoms with Crippen LogP contribution in [0.4, 0.5) is 0 Å². The first kappa shape index (κ1) is 10.4. The number of aromatic nitrogens is 2. The SMILES string of the molecule is c1ccc(-c2nccc(B3OCCO3)n2)cc1. The van der Waals surface area contributed by atoms with Crippen LogP contribution >= 0.6 is 0 Å². The molecule has 4 nitrogen and oxygen atoms in total. The highest BCUT2D eigenvalue weighted by molar-refractivity contribution is 6.60. The predicted octanol–water partition coefficient (Wildman–Crippen LogP) is 0.886. The van der Waals surface area contributed by atoms with Gasteiger partial charge in [-0.05, 0) is 6.07 Å². The summed E-state index contributed by atoms with van der Waals surface area (Å²) in [4.78, 5) is 8.72. The molecule has 0 atom stereocenters. The van der Waals surface area contributed by atoms with Gasteiger partial charge in [0, 0.05) is 11.8 Å². The van der Waals surface area contributed by atoms with Gasteiger partial charge in [-0.25, -0.2) is 9.97 Å². The lowest BCUT2D eigenvalue weighted by Gasteiger charge is -2.05. The molecule has 0 aliphatic carbocycles. The molecule has 0 radical (unpaired) electrons. The third kappa shape index (κ3) is 2.20. The highest BCUT2D eigenvalue weighted by Gasteiger charge is 2.28. The topological polar surface area (TPSA) is 44.2 Å². The Kier molecular flexibility index (Phi) is 2.86. The molecule has 0 unspecified atom stereocenters. The van der Waals surface area contributed by atoms with Gasteiger partial charge in [0.05, 0.1) is 18.8 Å². The second kappa shape index (κ2) is 4.65. The average molecular weight is 226 g/mol. The van der Waals surface area contributed by atoms with E-state index < -0.39 is 0 Å². The van der Waals surface area contributed by atoms with Gasteiger partial charge in [0.15, 0.2) is 5.82 Å². The third-order valence-corrected chi connectivity index (χ3v) is 2.57. The van der Waals surface area contributed by atoms with Crippen molar-refractivity contribution < 1.29 is 9.31 Å². The van der Waals surface area contributed by atoms with Crippen molar-refractivity contribution in [3.63, 3.8) is 0 Å². The van der Waals surface area contributed by atoms with E-state index in [4.69, 9.17) is 9.31 Å². The van der Waals surface area contributed by atoms with Crippen molar-refractivity contribution in [2.75, 3.05) is 13.2 Å². The van der Waals surface area contributed by atoms with Gasteiger partial charge in [-0.1, -0.05) is 30.3 Å². The minimum atomic E-state index is -0.347. The maximum absolute atomic E-state index is 5.42. The molecule has 1 saturated heterocycles. The Morgan fingerprint density at radius 3 is 2.53 bits per heavy atom. The second-order valence-electron chi connectivity index (χ2n) is 3.74. The largest absolute Gasteiger partial charge is 0.513 e. The number of hydrogen-bond donors (Lipinski definition) is 0. The molecule has 0 N–H and O–H groups in total. The molecule has 2 heterocycles. The molecule has 0 saturated carbocycles. The monoisotopic (exact) mass is 226 g/mol. The summed E-state index contributed by atoms with van der Waals surface area (Å²) in [7, 11) is -0.347. The van der Waals surface area contributed by atoms with Crippen molar-refractivity contribution >= 4 is 12.7 Å². The van der Waals surface area contributed by atoms with Crippen LogP contribution in [-0.2, 0) is 9.31 Å². The molecule has 5 heteroatoms. The zero-order valence-electron chi connectivity index (χ0n) is 9.24. The van der Waals surface area contributed by atoms with Crippen LogP contribution in [0.25, 0.3) is 11.4 Å². The fourth-order valence-electron chi connectivity index (χ4n) is 1.76. The van der Waals surface area contributed by atoms with E-state index in [0.29, 0.717) is 19.0 Å². The first-order valence-corrected chi connectivity index (χ1v) is 5.55. The van der Waals surface area contributed by atoms with Crippen molar-refractivity contribution in [2.45, 2.75) is 0 Å². The van der Waals surface area contributed by atoms with Crippen LogP contribution in [-0.4, -0.2) is 30.3 Å². The fourth-order valence-corrected chi connectivity index (χ4v) is 1.76. The van der Waals surface area contributed by atoms with E-state index in [9.17, 15) is 0 Å². The summed E-state index contributed by atoms with van der Waals surface area (Å²) in [6.07, 6.45) is 1.73. The van der Waals surface area contributed by atoms with Crippen LogP contribution in [0.5, 0.6) is 0 Å². The predicted molar refractivity (Wildman–Crippen MR) is 64.8 cm³/mol. The molecule has 1 aliphatic heterocycles. The van der Waals surface area contributed by atoms with Crippen LogP contribution in [0.2, 0.25) is 0 Å². The quantitative estimate of drug-likeness (QED) is 0.713. The van der Waals surface area contributed by atoms with Crippen LogP contribution < -0.4 is 5.59 Å². The smallest absolute Gasteiger partial charge is 0.404 e. The number of rotatable bonds is 2. The van der Waals surface area contributed by atoms with Gasteiger partial charge in [-0.15, -0.1) is 0 Å². The van der Waals surface area contributed by atoms with Crippen molar-refractivity contribution in [1.82, 2.24) is 9.97 Å². The van der Waals surface area contributed by atoms with E-state index in [-0.39, 0.29) is 7.12 Å². The normalized spacial score (nSPS) is 15.2. The zero-order valence-corrected chi connectivity index (χ0v) is 9.24. The van der Waals surface area contributed by atoms with Gasteiger partial charge in [-0.2, -0.15) is 0 Å². The van der Waals surface area contributed by atoms with Gasteiger partial charge < -0.3 is 9.31 Å². The Balaban J connectivity index is 1.94. The Morgan fingerprint density at radius 2 is 1.76 bits per heavy atom. The van der Waals surface area contributed by atoms with Crippen LogP contribution in [0.3, 0.4) is 0 Å². The molecule has 0 spiro atoms. The summed E-state index contributed by atoms with van der Waals surface area (Å²) in [5, 5.41) is 0. The Bertz CT molecular complexity index is 501. The van der Waals surface area contributed by atoms with Crippen molar-refractivity contribution in [1.29, 1.82) is 0 Å². The van der Waals surface area contributed by atoms with Crippen LogP contribution in [0.15, 0.2) is 42.6 Å². The van der Waals surface area contributed by atoms with Crippen molar-refractivity contribution in [3.05, 3.63) is 42.6 Å². The van der Waals surface area contributed by atoms with Gasteiger partial charge in [0.25, 0.3) is 0 Å². The maximum atomic E-state index is 5.42. The van der Waals surface area contributed by atoms with E-state index in [1.165, 1.54) is 0 Å². The zero-order chi connectivity index (χ0) is 11.5. The van der Waals surface area contributed by atoms with Crippen molar-refractivity contribution in [3.8, 4) is 11.4 Å². The van der Waals surface area contributed by atoms with E-state index in [1.54, 1.807) is 6.20 Å².